The summed E-state index contributed by atoms with van der Waals surface area (Å²) in [5, 5.41) is 0. The second kappa shape index (κ2) is 15.6. The van der Waals surface area contributed by atoms with Gasteiger partial charge in [0.2, 0.25) is 5.91 Å². The van der Waals surface area contributed by atoms with Crippen molar-refractivity contribution < 1.29 is 4.79 Å². The number of amides is 1. The Balaban J connectivity index is 0. The lowest BCUT2D eigenvalue weighted by Crippen LogP contribution is -2.47. The maximum absolute atomic E-state index is 11.9. The molecule has 1 amide bonds. The van der Waals surface area contributed by atoms with E-state index in [1.54, 1.807) is 17.3 Å². The number of aromatic nitrogens is 1. The molecule has 1 aromatic rings. The van der Waals surface area contributed by atoms with Crippen molar-refractivity contribution in [1.29, 1.82) is 0 Å². The molecule has 1 aliphatic carbocycles. The molecule has 0 bridgehead atoms. The molecule has 1 aliphatic rings. The Morgan fingerprint density at radius 1 is 0.852 bits per heavy atom. The van der Waals surface area contributed by atoms with Crippen LogP contribution in [0.4, 0.5) is 0 Å². The van der Waals surface area contributed by atoms with E-state index in [0.29, 0.717) is 11.8 Å². The van der Waals surface area contributed by atoms with E-state index >= 15 is 0 Å². The van der Waals surface area contributed by atoms with Crippen LogP contribution >= 0.6 is 0 Å². The summed E-state index contributed by atoms with van der Waals surface area (Å²) in [5.41, 5.74) is 0.242. The van der Waals surface area contributed by atoms with Gasteiger partial charge in [0.15, 0.2) is 0 Å². The summed E-state index contributed by atoms with van der Waals surface area (Å²) in [4.78, 5) is 19.7. The zero-order valence-electron chi connectivity index (χ0n) is 19.6. The first-order chi connectivity index (χ1) is 12.8. The normalized spacial score (nSPS) is 18.6. The topological polar surface area (TPSA) is 36.4 Å². The molecular formula is C23H45N3O. The van der Waals surface area contributed by atoms with Crippen LogP contribution in [0.15, 0.2) is 30.6 Å². The molecule has 1 fully saturated rings. The van der Waals surface area contributed by atoms with Gasteiger partial charge < -0.3 is 9.80 Å². The molecule has 0 saturated heterocycles. The number of nitrogens with zero attached hydrogens (tertiary/aromatic N) is 3. The zero-order chi connectivity index (χ0) is 21.5. The number of hydrogen-bond acceptors (Lipinski definition) is 3. The second-order valence-electron chi connectivity index (χ2n) is 7.35. The van der Waals surface area contributed by atoms with Gasteiger partial charge in [0.25, 0.3) is 0 Å². The van der Waals surface area contributed by atoms with Gasteiger partial charge >= 0.3 is 0 Å². The van der Waals surface area contributed by atoms with E-state index in [2.05, 4.69) is 37.8 Å². The largest absolute Gasteiger partial charge is 0.349 e. The molecule has 4 heteroatoms. The van der Waals surface area contributed by atoms with Gasteiger partial charge in [-0.2, -0.15) is 0 Å². The van der Waals surface area contributed by atoms with Crippen molar-refractivity contribution >= 4 is 5.91 Å². The highest BCUT2D eigenvalue weighted by Crippen LogP contribution is 2.37. The van der Waals surface area contributed by atoms with Crippen LogP contribution in [0.2, 0.25) is 0 Å². The molecule has 1 aromatic heterocycles. The number of carbonyl (C=O) groups excluding carboxylic acids is 1. The average Bonchev–Trinajstić information content (AvgIpc) is 2.72. The molecule has 27 heavy (non-hydrogen) atoms. The highest BCUT2D eigenvalue weighted by atomic mass is 16.2. The quantitative estimate of drug-likeness (QED) is 0.710. The predicted octanol–water partition coefficient (Wildman–Crippen LogP) is 5.36. The Hall–Kier alpha value is -1.42. The van der Waals surface area contributed by atoms with E-state index in [9.17, 15) is 4.79 Å². The molecule has 0 radical (unpaired) electrons. The first kappa shape index (κ1) is 27.8. The fourth-order valence-electron chi connectivity index (χ4n) is 3.09. The van der Waals surface area contributed by atoms with Crippen molar-refractivity contribution in [2.24, 2.45) is 11.8 Å². The van der Waals surface area contributed by atoms with E-state index < -0.39 is 0 Å². The maximum Gasteiger partial charge on any atom is 0.225 e. The summed E-state index contributed by atoms with van der Waals surface area (Å²) < 4.78 is 0. The third-order valence-corrected chi connectivity index (χ3v) is 5.24. The first-order valence-electron chi connectivity index (χ1n) is 10.5. The molecule has 0 aliphatic heterocycles. The van der Waals surface area contributed by atoms with Crippen molar-refractivity contribution in [3.05, 3.63) is 30.6 Å². The monoisotopic (exact) mass is 379 g/mol. The van der Waals surface area contributed by atoms with Crippen molar-refractivity contribution in [3.63, 3.8) is 0 Å². The molecule has 158 valence electrons. The molecular weight excluding hydrogens is 334 g/mol. The Labute approximate surface area is 169 Å². The van der Waals surface area contributed by atoms with E-state index in [0.717, 1.165) is 12.8 Å². The summed E-state index contributed by atoms with van der Waals surface area (Å²) in [6.07, 6.45) is 7.96. The summed E-state index contributed by atoms with van der Waals surface area (Å²) >= 11 is 0. The first-order valence-corrected chi connectivity index (χ1v) is 10.5. The fraction of sp³-hybridized carbons (Fsp3) is 0.739. The summed E-state index contributed by atoms with van der Waals surface area (Å²) in [5.74, 6) is 1.29. The summed E-state index contributed by atoms with van der Waals surface area (Å²) in [7, 11) is 8.02. The minimum atomic E-state index is 0.242. The van der Waals surface area contributed by atoms with Crippen LogP contribution in [0.3, 0.4) is 0 Å². The van der Waals surface area contributed by atoms with Crippen molar-refractivity contribution in [2.75, 3.05) is 28.2 Å². The van der Waals surface area contributed by atoms with Crippen LogP contribution in [0.5, 0.6) is 0 Å². The van der Waals surface area contributed by atoms with Gasteiger partial charge in [-0.1, -0.05) is 33.8 Å². The number of pyridine rings is 1. The lowest BCUT2D eigenvalue weighted by Gasteiger charge is -2.43. The lowest BCUT2D eigenvalue weighted by atomic mass is 9.72. The van der Waals surface area contributed by atoms with Gasteiger partial charge in [0.05, 0.1) is 0 Å². The Morgan fingerprint density at radius 2 is 1.30 bits per heavy atom. The van der Waals surface area contributed by atoms with E-state index in [-0.39, 0.29) is 11.5 Å². The second-order valence-corrected chi connectivity index (χ2v) is 7.35. The van der Waals surface area contributed by atoms with E-state index in [4.69, 9.17) is 0 Å². The van der Waals surface area contributed by atoms with Gasteiger partial charge in [-0.25, -0.2) is 0 Å². The summed E-state index contributed by atoms with van der Waals surface area (Å²) in [6.45, 7) is 12.6. The standard InChI is InChI=1S/C14H28N2O.C5H5N.2C2H6/c1-14(2,16(5)6)12-9-7-11(8-10-12)13(17)15(3)4;1-2-4-6-5-3-1;2*1-2/h11-12H,7-10H2,1-6H3;1-5H;2*1-2H3. The van der Waals surface area contributed by atoms with Crippen LogP contribution in [0, 0.1) is 11.8 Å². The van der Waals surface area contributed by atoms with Crippen molar-refractivity contribution in [1.82, 2.24) is 14.8 Å². The molecule has 1 heterocycles. The van der Waals surface area contributed by atoms with Crippen LogP contribution in [-0.2, 0) is 4.79 Å². The van der Waals surface area contributed by atoms with Crippen LogP contribution < -0.4 is 0 Å². The van der Waals surface area contributed by atoms with Gasteiger partial charge in [0.1, 0.15) is 0 Å². The molecule has 2 rings (SSSR count). The summed E-state index contributed by atoms with van der Waals surface area (Å²) in [6, 6.07) is 5.72. The SMILES string of the molecule is CC.CC.CN(C)C(=O)C1CCC(C(C)(C)N(C)C)CC1.c1ccncc1. The highest BCUT2D eigenvalue weighted by Gasteiger charge is 2.36. The smallest absolute Gasteiger partial charge is 0.225 e. The Morgan fingerprint density at radius 3 is 1.56 bits per heavy atom. The molecule has 0 spiro atoms. The minimum Gasteiger partial charge on any atom is -0.349 e. The predicted molar refractivity (Wildman–Crippen MR) is 119 cm³/mol. The van der Waals surface area contributed by atoms with E-state index in [1.165, 1.54) is 12.8 Å². The molecule has 0 N–H and O–H groups in total. The minimum absolute atomic E-state index is 0.242. The molecule has 0 atom stereocenters. The Bertz CT molecular complexity index is 423. The lowest BCUT2D eigenvalue weighted by molar-refractivity contribution is -0.134. The average molecular weight is 380 g/mol. The van der Waals surface area contributed by atoms with Gasteiger partial charge in [-0.15, -0.1) is 0 Å². The molecule has 1 saturated carbocycles. The highest BCUT2D eigenvalue weighted by molar-refractivity contribution is 5.78. The van der Waals surface area contributed by atoms with Crippen LogP contribution in [-0.4, -0.2) is 54.4 Å². The third-order valence-electron chi connectivity index (χ3n) is 5.24. The zero-order valence-corrected chi connectivity index (χ0v) is 19.6. The van der Waals surface area contributed by atoms with Gasteiger partial charge in [0, 0.05) is 37.9 Å². The van der Waals surface area contributed by atoms with Gasteiger partial charge in [-0.3, -0.25) is 9.78 Å². The fourth-order valence-corrected chi connectivity index (χ4v) is 3.09. The van der Waals surface area contributed by atoms with Gasteiger partial charge in [-0.05, 0) is 71.7 Å². The van der Waals surface area contributed by atoms with Crippen molar-refractivity contribution in [3.8, 4) is 0 Å². The third kappa shape index (κ3) is 10.5. The molecule has 0 unspecified atom stereocenters. The van der Waals surface area contributed by atoms with E-state index in [1.807, 2.05) is 60.0 Å². The maximum atomic E-state index is 11.9. The van der Waals surface area contributed by atoms with Crippen molar-refractivity contribution in [2.45, 2.75) is 72.8 Å². The number of carbonyl (C=O) groups is 1. The Kier molecular flexibility index (Phi) is 16.1. The van der Waals surface area contributed by atoms with Crippen LogP contribution in [0.1, 0.15) is 67.2 Å². The molecule has 4 nitrogen and oxygen atoms in total. The van der Waals surface area contributed by atoms with Crippen LogP contribution in [0.25, 0.3) is 0 Å². The molecule has 0 aromatic carbocycles. The number of rotatable bonds is 3. The number of hydrogen-bond donors (Lipinski definition) is 0.